The summed E-state index contributed by atoms with van der Waals surface area (Å²) in [6, 6.07) is 11.4. The number of aryl methyl sites for hydroxylation is 2. The minimum Gasteiger partial charge on any atom is -0.493 e. The second-order valence-corrected chi connectivity index (χ2v) is 7.31. The molecule has 7 nitrogen and oxygen atoms in total. The van der Waals surface area contributed by atoms with Crippen LogP contribution in [0.2, 0.25) is 0 Å². The number of carbonyl (C=O) groups is 1. The lowest BCUT2D eigenvalue weighted by Gasteiger charge is -2.12. The number of amides is 1. The number of thiazole rings is 1. The lowest BCUT2D eigenvalue weighted by molar-refractivity contribution is 0.102. The van der Waals surface area contributed by atoms with Crippen molar-refractivity contribution in [1.29, 1.82) is 0 Å². The Labute approximate surface area is 165 Å². The van der Waals surface area contributed by atoms with Gasteiger partial charge in [0.2, 0.25) is 0 Å². The topological polar surface area (TPSA) is 90.1 Å². The summed E-state index contributed by atoms with van der Waals surface area (Å²) in [5, 5.41) is 13.3. The molecule has 0 saturated carbocycles. The van der Waals surface area contributed by atoms with Crippen LogP contribution in [0.4, 0.5) is 6.01 Å². The second-order valence-electron chi connectivity index (χ2n) is 6.11. The number of aromatic nitrogens is 3. The minimum atomic E-state index is -0.368. The van der Waals surface area contributed by atoms with Gasteiger partial charge in [-0.25, -0.2) is 4.98 Å². The number of fused-ring (bicyclic) bond motifs is 1. The predicted molar refractivity (Wildman–Crippen MR) is 108 cm³/mol. The van der Waals surface area contributed by atoms with Gasteiger partial charge in [0, 0.05) is 0 Å². The molecule has 28 heavy (non-hydrogen) atoms. The fourth-order valence-electron chi connectivity index (χ4n) is 3.02. The summed E-state index contributed by atoms with van der Waals surface area (Å²) in [5.74, 6) is 0.473. The Kier molecular flexibility index (Phi) is 4.79. The van der Waals surface area contributed by atoms with Crippen molar-refractivity contribution in [2.45, 2.75) is 20.8 Å². The summed E-state index contributed by atoms with van der Waals surface area (Å²) < 4.78 is 11.3. The molecule has 0 spiro atoms. The van der Waals surface area contributed by atoms with E-state index in [9.17, 15) is 4.79 Å². The standard InChI is InChI=1S/C20H18N4O3S/c1-4-26-15-10-9-13-7-5-6-8-14(13)16(15)18(25)22-20-24-23-19(27-20)17-11(2)21-12(3)28-17/h5-10H,4H2,1-3H3,(H,22,24,25). The average Bonchev–Trinajstić information content (AvgIpc) is 3.27. The smallest absolute Gasteiger partial charge is 0.322 e. The molecule has 0 saturated heterocycles. The highest BCUT2D eigenvalue weighted by Gasteiger charge is 2.20. The Morgan fingerprint density at radius 2 is 2.00 bits per heavy atom. The van der Waals surface area contributed by atoms with Crippen LogP contribution in [0.25, 0.3) is 21.5 Å². The third-order valence-corrected chi connectivity index (χ3v) is 5.22. The van der Waals surface area contributed by atoms with E-state index in [-0.39, 0.29) is 11.9 Å². The summed E-state index contributed by atoms with van der Waals surface area (Å²) >= 11 is 1.47. The number of rotatable bonds is 5. The van der Waals surface area contributed by atoms with Crippen molar-refractivity contribution in [2.75, 3.05) is 11.9 Å². The first-order valence-electron chi connectivity index (χ1n) is 8.80. The number of ether oxygens (including phenoxy) is 1. The fraction of sp³-hybridized carbons (Fsp3) is 0.200. The molecular formula is C20H18N4O3S. The predicted octanol–water partition coefficient (Wildman–Crippen LogP) is 4.61. The van der Waals surface area contributed by atoms with E-state index in [2.05, 4.69) is 20.5 Å². The molecule has 4 aromatic rings. The summed E-state index contributed by atoms with van der Waals surface area (Å²) in [6.07, 6.45) is 0. The van der Waals surface area contributed by atoms with Gasteiger partial charge in [-0.1, -0.05) is 35.4 Å². The lowest BCUT2D eigenvalue weighted by Crippen LogP contribution is -2.14. The summed E-state index contributed by atoms with van der Waals surface area (Å²) in [6.45, 7) is 6.12. The van der Waals surface area contributed by atoms with Gasteiger partial charge >= 0.3 is 6.01 Å². The van der Waals surface area contributed by atoms with E-state index in [1.165, 1.54) is 11.3 Å². The van der Waals surface area contributed by atoms with Gasteiger partial charge in [0.25, 0.3) is 11.8 Å². The molecule has 0 atom stereocenters. The van der Waals surface area contributed by atoms with Crippen molar-refractivity contribution in [3.05, 3.63) is 52.7 Å². The van der Waals surface area contributed by atoms with Crippen molar-refractivity contribution in [2.24, 2.45) is 0 Å². The van der Waals surface area contributed by atoms with Gasteiger partial charge in [-0.05, 0) is 37.6 Å². The van der Waals surface area contributed by atoms with E-state index >= 15 is 0 Å². The van der Waals surface area contributed by atoms with Crippen LogP contribution >= 0.6 is 11.3 Å². The normalized spacial score (nSPS) is 11.0. The molecule has 0 bridgehead atoms. The molecule has 0 unspecified atom stereocenters. The maximum absolute atomic E-state index is 13.0. The Hall–Kier alpha value is -3.26. The third kappa shape index (κ3) is 3.34. The minimum absolute atomic E-state index is 0.0286. The Morgan fingerprint density at radius 1 is 1.18 bits per heavy atom. The molecule has 2 aromatic carbocycles. The highest BCUT2D eigenvalue weighted by atomic mass is 32.1. The van der Waals surface area contributed by atoms with E-state index in [0.717, 1.165) is 26.4 Å². The molecule has 1 amide bonds. The van der Waals surface area contributed by atoms with Gasteiger partial charge in [0.15, 0.2) is 0 Å². The van der Waals surface area contributed by atoms with Gasteiger partial charge in [0.1, 0.15) is 10.6 Å². The van der Waals surface area contributed by atoms with Crippen molar-refractivity contribution >= 4 is 34.0 Å². The largest absolute Gasteiger partial charge is 0.493 e. The maximum atomic E-state index is 13.0. The van der Waals surface area contributed by atoms with Gasteiger partial charge < -0.3 is 9.15 Å². The monoisotopic (exact) mass is 394 g/mol. The second kappa shape index (κ2) is 7.40. The molecule has 0 aliphatic rings. The van der Waals surface area contributed by atoms with Crippen molar-refractivity contribution in [3.63, 3.8) is 0 Å². The van der Waals surface area contributed by atoms with E-state index in [1.807, 2.05) is 51.1 Å². The molecule has 8 heteroatoms. The van der Waals surface area contributed by atoms with Crippen molar-refractivity contribution < 1.29 is 13.9 Å². The first-order valence-corrected chi connectivity index (χ1v) is 9.62. The van der Waals surface area contributed by atoms with E-state index in [4.69, 9.17) is 9.15 Å². The lowest BCUT2D eigenvalue weighted by atomic mass is 10.0. The zero-order chi connectivity index (χ0) is 19.7. The highest BCUT2D eigenvalue weighted by Crippen LogP contribution is 2.31. The van der Waals surface area contributed by atoms with Crippen LogP contribution in [-0.4, -0.2) is 27.7 Å². The zero-order valence-electron chi connectivity index (χ0n) is 15.6. The van der Waals surface area contributed by atoms with Crippen LogP contribution in [0.5, 0.6) is 5.75 Å². The Morgan fingerprint density at radius 3 is 2.75 bits per heavy atom. The summed E-state index contributed by atoms with van der Waals surface area (Å²) in [5.41, 5.74) is 1.25. The van der Waals surface area contributed by atoms with Crippen LogP contribution in [0.3, 0.4) is 0 Å². The quantitative estimate of drug-likeness (QED) is 0.531. The molecule has 142 valence electrons. The molecular weight excluding hydrogens is 376 g/mol. The zero-order valence-corrected chi connectivity index (χ0v) is 16.5. The fourth-order valence-corrected chi connectivity index (χ4v) is 3.86. The molecule has 0 fully saturated rings. The number of nitrogens with one attached hydrogen (secondary N) is 1. The van der Waals surface area contributed by atoms with Crippen LogP contribution in [0.15, 0.2) is 40.8 Å². The molecule has 2 aromatic heterocycles. The third-order valence-electron chi connectivity index (χ3n) is 4.16. The first kappa shape index (κ1) is 18.1. The van der Waals surface area contributed by atoms with Gasteiger partial charge in [-0.15, -0.1) is 16.4 Å². The SMILES string of the molecule is CCOc1ccc2ccccc2c1C(=O)Nc1nnc(-c2sc(C)nc2C)o1. The van der Waals surface area contributed by atoms with Gasteiger partial charge in [-0.3, -0.25) is 10.1 Å². The van der Waals surface area contributed by atoms with Crippen molar-refractivity contribution in [1.82, 2.24) is 15.2 Å². The van der Waals surface area contributed by atoms with E-state index in [0.29, 0.717) is 23.8 Å². The highest BCUT2D eigenvalue weighted by molar-refractivity contribution is 7.15. The summed E-state index contributed by atoms with van der Waals surface area (Å²) in [7, 11) is 0. The van der Waals surface area contributed by atoms with E-state index in [1.54, 1.807) is 6.07 Å². The first-order chi connectivity index (χ1) is 13.6. The van der Waals surface area contributed by atoms with E-state index < -0.39 is 0 Å². The summed E-state index contributed by atoms with van der Waals surface area (Å²) in [4.78, 5) is 18.2. The Bertz CT molecular complexity index is 1170. The maximum Gasteiger partial charge on any atom is 0.322 e. The Balaban J connectivity index is 1.68. The van der Waals surface area contributed by atoms with Crippen LogP contribution in [0, 0.1) is 13.8 Å². The average molecular weight is 394 g/mol. The molecule has 0 aliphatic heterocycles. The molecule has 0 aliphatic carbocycles. The molecule has 1 N–H and O–H groups in total. The van der Waals surface area contributed by atoms with Gasteiger partial charge in [-0.2, -0.15) is 0 Å². The molecule has 2 heterocycles. The van der Waals surface area contributed by atoms with Crippen LogP contribution in [0.1, 0.15) is 28.0 Å². The van der Waals surface area contributed by atoms with Crippen LogP contribution in [-0.2, 0) is 0 Å². The number of carbonyl (C=O) groups excluding carboxylic acids is 1. The molecule has 4 rings (SSSR count). The number of anilines is 1. The van der Waals surface area contributed by atoms with Crippen molar-refractivity contribution in [3.8, 4) is 16.5 Å². The number of nitrogens with zero attached hydrogens (tertiary/aromatic N) is 3. The number of benzene rings is 2. The molecule has 0 radical (unpaired) electrons. The number of hydrogen-bond acceptors (Lipinski definition) is 7. The van der Waals surface area contributed by atoms with Gasteiger partial charge in [0.05, 0.1) is 22.9 Å². The van der Waals surface area contributed by atoms with Crippen LogP contribution < -0.4 is 10.1 Å². The number of hydrogen-bond donors (Lipinski definition) is 1.